The Bertz CT molecular complexity index is 308. The van der Waals surface area contributed by atoms with Gasteiger partial charge in [-0.3, -0.25) is 0 Å². The summed E-state index contributed by atoms with van der Waals surface area (Å²) in [5, 5.41) is 3.97. The molecule has 2 saturated heterocycles. The topological polar surface area (TPSA) is 18.5 Å². The molecule has 0 aromatic rings. The molecule has 2 bridgehead atoms. The summed E-state index contributed by atoms with van der Waals surface area (Å²) in [4.78, 5) is 5.14. The highest BCUT2D eigenvalue weighted by Crippen LogP contribution is 2.35. The van der Waals surface area contributed by atoms with E-state index < -0.39 is 0 Å². The first-order valence-corrected chi connectivity index (χ1v) is 8.73. The second-order valence-corrected chi connectivity index (χ2v) is 7.78. The van der Waals surface area contributed by atoms with E-state index >= 15 is 0 Å². The number of likely N-dealkylation sites (N-methyl/N-ethyl adjacent to an activating group) is 1. The number of hydrogen-bond donors (Lipinski definition) is 1. The summed E-state index contributed by atoms with van der Waals surface area (Å²) in [6.07, 6.45) is 12.6. The van der Waals surface area contributed by atoms with E-state index in [1.165, 1.54) is 64.3 Å². The van der Waals surface area contributed by atoms with Gasteiger partial charge < -0.3 is 15.1 Å². The lowest BCUT2D eigenvalue weighted by Gasteiger charge is -2.45. The van der Waals surface area contributed by atoms with Crippen LogP contribution >= 0.6 is 0 Å². The Morgan fingerprint density at radius 2 is 1.65 bits per heavy atom. The summed E-state index contributed by atoms with van der Waals surface area (Å²) in [5.41, 5.74) is 0.431. The minimum atomic E-state index is 0.431. The van der Waals surface area contributed by atoms with Gasteiger partial charge in [-0.1, -0.05) is 19.3 Å². The fraction of sp³-hybridized carbons (Fsp3) is 1.00. The first-order chi connectivity index (χ1) is 9.61. The first-order valence-electron chi connectivity index (χ1n) is 8.73. The van der Waals surface area contributed by atoms with Gasteiger partial charge in [-0.15, -0.1) is 0 Å². The number of nitrogens with one attached hydrogen (secondary N) is 1. The highest BCUT2D eigenvalue weighted by atomic mass is 15.2. The molecule has 2 unspecified atom stereocenters. The second kappa shape index (κ2) is 5.94. The normalized spacial score (nSPS) is 37.5. The Balaban J connectivity index is 1.55. The Hall–Kier alpha value is -0.120. The lowest BCUT2D eigenvalue weighted by molar-refractivity contribution is 0.0834. The van der Waals surface area contributed by atoms with Gasteiger partial charge in [-0.25, -0.2) is 0 Å². The highest BCUT2D eigenvalue weighted by molar-refractivity contribution is 4.99. The smallest absolute Gasteiger partial charge is 0.0327 e. The third-order valence-corrected chi connectivity index (χ3v) is 6.55. The molecule has 2 aliphatic heterocycles. The van der Waals surface area contributed by atoms with Crippen molar-refractivity contribution in [1.29, 1.82) is 0 Å². The summed E-state index contributed by atoms with van der Waals surface area (Å²) >= 11 is 0. The molecule has 0 aromatic heterocycles. The summed E-state index contributed by atoms with van der Waals surface area (Å²) in [6, 6.07) is 2.48. The lowest BCUT2D eigenvalue weighted by Crippen LogP contribution is -2.56. The standard InChI is InChI=1S/C17H33N3/c1-19(2)17(9-5-4-6-10-17)13-18-14-11-15-7-8-16(12-14)20(15)3/h14-16,18H,4-13H2,1-3H3. The molecule has 3 aliphatic rings. The molecule has 0 radical (unpaired) electrons. The van der Waals surface area contributed by atoms with Crippen LogP contribution in [0.4, 0.5) is 0 Å². The van der Waals surface area contributed by atoms with Crippen molar-refractivity contribution in [1.82, 2.24) is 15.1 Å². The highest BCUT2D eigenvalue weighted by Gasteiger charge is 2.40. The molecular formula is C17H33N3. The summed E-state index contributed by atoms with van der Waals surface area (Å²) in [6.45, 7) is 1.20. The van der Waals surface area contributed by atoms with Crippen molar-refractivity contribution >= 4 is 0 Å². The zero-order chi connectivity index (χ0) is 14.2. The van der Waals surface area contributed by atoms with E-state index in [1.807, 2.05) is 0 Å². The zero-order valence-corrected chi connectivity index (χ0v) is 13.7. The minimum Gasteiger partial charge on any atom is -0.312 e. The molecule has 0 amide bonds. The Morgan fingerprint density at radius 3 is 2.20 bits per heavy atom. The fourth-order valence-electron chi connectivity index (χ4n) is 4.90. The molecule has 3 nitrogen and oxygen atoms in total. The number of piperidine rings is 1. The maximum atomic E-state index is 3.97. The van der Waals surface area contributed by atoms with Gasteiger partial charge >= 0.3 is 0 Å². The van der Waals surface area contributed by atoms with E-state index in [1.54, 1.807) is 0 Å². The van der Waals surface area contributed by atoms with Gasteiger partial charge in [-0.2, -0.15) is 0 Å². The summed E-state index contributed by atoms with van der Waals surface area (Å²) in [5.74, 6) is 0. The molecule has 116 valence electrons. The minimum absolute atomic E-state index is 0.431. The van der Waals surface area contributed by atoms with E-state index in [0.29, 0.717) is 5.54 Å². The van der Waals surface area contributed by atoms with E-state index in [-0.39, 0.29) is 0 Å². The molecule has 2 atom stereocenters. The molecule has 0 spiro atoms. The van der Waals surface area contributed by atoms with Crippen LogP contribution in [0.15, 0.2) is 0 Å². The quantitative estimate of drug-likeness (QED) is 0.853. The van der Waals surface area contributed by atoms with E-state index in [2.05, 4.69) is 36.3 Å². The number of fused-ring (bicyclic) bond motifs is 2. The first kappa shape index (κ1) is 14.8. The maximum absolute atomic E-state index is 3.97. The molecule has 2 heterocycles. The molecule has 3 fully saturated rings. The predicted octanol–water partition coefficient (Wildman–Crippen LogP) is 2.47. The van der Waals surface area contributed by atoms with Crippen LogP contribution in [0.3, 0.4) is 0 Å². The van der Waals surface area contributed by atoms with Crippen molar-refractivity contribution in [3.05, 3.63) is 0 Å². The Labute approximate surface area is 125 Å². The van der Waals surface area contributed by atoms with Crippen LogP contribution in [0, 0.1) is 0 Å². The summed E-state index contributed by atoms with van der Waals surface area (Å²) in [7, 11) is 6.90. The van der Waals surface area contributed by atoms with Crippen LogP contribution < -0.4 is 5.32 Å². The van der Waals surface area contributed by atoms with E-state index in [0.717, 1.165) is 18.1 Å². The van der Waals surface area contributed by atoms with Crippen LogP contribution in [0.2, 0.25) is 0 Å². The number of hydrogen-bond acceptors (Lipinski definition) is 3. The molecule has 3 heteroatoms. The van der Waals surface area contributed by atoms with Gasteiger partial charge in [0.15, 0.2) is 0 Å². The zero-order valence-electron chi connectivity index (χ0n) is 13.7. The SMILES string of the molecule is CN1C2CCC1CC(NCC1(N(C)C)CCCCC1)C2. The Kier molecular flexibility index (Phi) is 4.40. The van der Waals surface area contributed by atoms with Crippen LogP contribution in [0.1, 0.15) is 57.8 Å². The van der Waals surface area contributed by atoms with Gasteiger partial charge in [0.05, 0.1) is 0 Å². The molecule has 1 N–H and O–H groups in total. The maximum Gasteiger partial charge on any atom is 0.0327 e. The predicted molar refractivity (Wildman–Crippen MR) is 85.1 cm³/mol. The van der Waals surface area contributed by atoms with Gasteiger partial charge in [0, 0.05) is 30.2 Å². The summed E-state index contributed by atoms with van der Waals surface area (Å²) < 4.78 is 0. The third-order valence-electron chi connectivity index (χ3n) is 6.55. The molecule has 20 heavy (non-hydrogen) atoms. The van der Waals surface area contributed by atoms with Crippen molar-refractivity contribution in [2.45, 2.75) is 81.5 Å². The van der Waals surface area contributed by atoms with E-state index in [9.17, 15) is 0 Å². The van der Waals surface area contributed by atoms with Crippen molar-refractivity contribution in [3.8, 4) is 0 Å². The lowest BCUT2D eigenvalue weighted by atomic mass is 9.80. The van der Waals surface area contributed by atoms with Crippen LogP contribution in [0.25, 0.3) is 0 Å². The molecule has 1 aliphatic carbocycles. The van der Waals surface area contributed by atoms with Gasteiger partial charge in [0.2, 0.25) is 0 Å². The largest absolute Gasteiger partial charge is 0.312 e. The van der Waals surface area contributed by atoms with E-state index in [4.69, 9.17) is 0 Å². The van der Waals surface area contributed by atoms with Crippen LogP contribution in [0.5, 0.6) is 0 Å². The molecule has 1 saturated carbocycles. The van der Waals surface area contributed by atoms with Gasteiger partial charge in [0.1, 0.15) is 0 Å². The average molecular weight is 279 g/mol. The molecule has 3 rings (SSSR count). The van der Waals surface area contributed by atoms with Crippen molar-refractivity contribution in [3.63, 3.8) is 0 Å². The monoisotopic (exact) mass is 279 g/mol. The van der Waals surface area contributed by atoms with Crippen molar-refractivity contribution in [2.24, 2.45) is 0 Å². The van der Waals surface area contributed by atoms with Crippen molar-refractivity contribution in [2.75, 3.05) is 27.7 Å². The average Bonchev–Trinajstić information content (AvgIpc) is 2.67. The van der Waals surface area contributed by atoms with Gasteiger partial charge in [0.25, 0.3) is 0 Å². The number of rotatable bonds is 4. The fourth-order valence-corrected chi connectivity index (χ4v) is 4.90. The molecule has 0 aromatic carbocycles. The third kappa shape index (κ3) is 2.77. The number of nitrogens with zero attached hydrogens (tertiary/aromatic N) is 2. The Morgan fingerprint density at radius 1 is 1.05 bits per heavy atom. The van der Waals surface area contributed by atoms with Crippen molar-refractivity contribution < 1.29 is 0 Å². The molecular weight excluding hydrogens is 246 g/mol. The van der Waals surface area contributed by atoms with Gasteiger partial charge in [-0.05, 0) is 59.7 Å². The second-order valence-electron chi connectivity index (χ2n) is 7.78. The van der Waals surface area contributed by atoms with Crippen LogP contribution in [-0.2, 0) is 0 Å². The van der Waals surface area contributed by atoms with Crippen LogP contribution in [-0.4, -0.2) is 61.2 Å².